The predicted octanol–water partition coefficient (Wildman–Crippen LogP) is 1.29. The van der Waals surface area contributed by atoms with Gasteiger partial charge in [-0.05, 0) is 12.5 Å². The Morgan fingerprint density at radius 3 is 2.42 bits per heavy atom. The first kappa shape index (κ1) is 12.6. The maximum Gasteiger partial charge on any atom is 0.254 e. The van der Waals surface area contributed by atoms with Crippen LogP contribution in [0.2, 0.25) is 0 Å². The van der Waals surface area contributed by atoms with E-state index in [9.17, 15) is 4.79 Å². The highest BCUT2D eigenvalue weighted by Crippen LogP contribution is 2.22. The molecule has 19 heavy (non-hydrogen) atoms. The highest BCUT2D eigenvalue weighted by Gasteiger charge is 2.36. The lowest BCUT2D eigenvalue weighted by atomic mass is 10.1. The fourth-order valence-electron chi connectivity index (χ4n) is 2.67. The summed E-state index contributed by atoms with van der Waals surface area (Å²) < 4.78 is 5.06. The summed E-state index contributed by atoms with van der Waals surface area (Å²) in [7, 11) is 0. The minimum absolute atomic E-state index is 0.141. The molecule has 2 unspecified atom stereocenters. The Hall–Kier alpha value is -1.39. The zero-order valence-corrected chi connectivity index (χ0v) is 11.3. The van der Waals surface area contributed by atoms with Crippen LogP contribution in [0.5, 0.6) is 0 Å². The molecule has 2 heterocycles. The van der Waals surface area contributed by atoms with E-state index in [2.05, 4.69) is 36.1 Å². The first-order chi connectivity index (χ1) is 9.25. The van der Waals surface area contributed by atoms with Gasteiger partial charge in [-0.1, -0.05) is 30.3 Å². The van der Waals surface area contributed by atoms with Gasteiger partial charge in [0.2, 0.25) is 0 Å². The van der Waals surface area contributed by atoms with Crippen molar-refractivity contribution in [1.82, 2.24) is 9.80 Å². The van der Waals surface area contributed by atoms with Crippen molar-refractivity contribution in [2.75, 3.05) is 32.8 Å². The number of ether oxygens (including phenoxy) is 1. The van der Waals surface area contributed by atoms with Crippen molar-refractivity contribution in [3.8, 4) is 0 Å². The summed E-state index contributed by atoms with van der Waals surface area (Å²) in [5.41, 5.74) is 1.34. The van der Waals surface area contributed by atoms with Crippen LogP contribution in [0.15, 0.2) is 30.3 Å². The van der Waals surface area contributed by atoms with Gasteiger partial charge in [-0.25, -0.2) is 0 Å². The third-order valence-corrected chi connectivity index (χ3v) is 4.06. The third kappa shape index (κ3) is 2.80. The van der Waals surface area contributed by atoms with Crippen LogP contribution in [0.25, 0.3) is 0 Å². The Labute approximate surface area is 113 Å². The number of carbonyl (C=O) groups is 1. The first-order valence-electron chi connectivity index (χ1n) is 6.95. The second kappa shape index (κ2) is 5.31. The monoisotopic (exact) mass is 260 g/mol. The molecule has 0 spiro atoms. The maximum absolute atomic E-state index is 11.9. The molecule has 0 bridgehead atoms. The molecule has 0 saturated carbocycles. The number of epoxide rings is 1. The molecule has 0 aromatic heterocycles. The molecule has 3 rings (SSSR count). The summed E-state index contributed by atoms with van der Waals surface area (Å²) in [4.78, 5) is 16.3. The molecule has 0 radical (unpaired) electrons. The molecule has 4 nitrogen and oxygen atoms in total. The van der Waals surface area contributed by atoms with Crippen molar-refractivity contribution < 1.29 is 9.53 Å². The van der Waals surface area contributed by atoms with Crippen LogP contribution in [0, 0.1) is 0 Å². The first-order valence-corrected chi connectivity index (χ1v) is 6.95. The predicted molar refractivity (Wildman–Crippen MR) is 72.8 cm³/mol. The van der Waals surface area contributed by atoms with E-state index in [-0.39, 0.29) is 12.0 Å². The van der Waals surface area contributed by atoms with Gasteiger partial charge in [-0.15, -0.1) is 0 Å². The van der Waals surface area contributed by atoms with E-state index >= 15 is 0 Å². The number of piperazine rings is 1. The van der Waals surface area contributed by atoms with Crippen LogP contribution in [0.3, 0.4) is 0 Å². The van der Waals surface area contributed by atoms with Crippen LogP contribution < -0.4 is 0 Å². The van der Waals surface area contributed by atoms with E-state index in [0.717, 1.165) is 26.2 Å². The molecular weight excluding hydrogens is 240 g/mol. The van der Waals surface area contributed by atoms with Gasteiger partial charge in [0.15, 0.2) is 6.10 Å². The molecule has 2 atom stereocenters. The van der Waals surface area contributed by atoms with Crippen molar-refractivity contribution >= 4 is 5.91 Å². The SMILES string of the molecule is CC(c1ccccc1)N1CCN(C(=O)C2CO2)CC1. The minimum Gasteiger partial charge on any atom is -0.363 e. The number of rotatable bonds is 3. The molecule has 102 valence electrons. The van der Waals surface area contributed by atoms with Gasteiger partial charge in [0.25, 0.3) is 5.91 Å². The lowest BCUT2D eigenvalue weighted by Crippen LogP contribution is -2.50. The van der Waals surface area contributed by atoms with Crippen molar-refractivity contribution in [3.05, 3.63) is 35.9 Å². The Kier molecular flexibility index (Phi) is 3.53. The van der Waals surface area contributed by atoms with Gasteiger partial charge in [0, 0.05) is 32.2 Å². The van der Waals surface area contributed by atoms with Crippen molar-refractivity contribution in [3.63, 3.8) is 0 Å². The molecule has 2 saturated heterocycles. The van der Waals surface area contributed by atoms with E-state index in [1.807, 2.05) is 11.0 Å². The summed E-state index contributed by atoms with van der Waals surface area (Å²) in [6, 6.07) is 10.9. The fourth-order valence-corrected chi connectivity index (χ4v) is 2.67. The lowest BCUT2D eigenvalue weighted by Gasteiger charge is -2.38. The zero-order chi connectivity index (χ0) is 13.2. The second-order valence-corrected chi connectivity index (χ2v) is 5.27. The summed E-state index contributed by atoms with van der Waals surface area (Å²) >= 11 is 0. The molecule has 0 aliphatic carbocycles. The standard InChI is InChI=1S/C15H20N2O2/c1-12(13-5-3-2-4-6-13)16-7-9-17(10-8-16)15(18)14-11-19-14/h2-6,12,14H,7-11H2,1H3. The average Bonchev–Trinajstić information content (AvgIpc) is 3.31. The van der Waals surface area contributed by atoms with E-state index in [1.165, 1.54) is 5.56 Å². The minimum atomic E-state index is -0.141. The Morgan fingerprint density at radius 1 is 1.21 bits per heavy atom. The Morgan fingerprint density at radius 2 is 1.84 bits per heavy atom. The van der Waals surface area contributed by atoms with Crippen LogP contribution >= 0.6 is 0 Å². The molecule has 1 amide bonds. The van der Waals surface area contributed by atoms with Gasteiger partial charge in [0.05, 0.1) is 6.61 Å². The van der Waals surface area contributed by atoms with Crippen LogP contribution in [0.1, 0.15) is 18.5 Å². The summed E-state index contributed by atoms with van der Waals surface area (Å²) in [6.45, 7) is 6.35. The largest absolute Gasteiger partial charge is 0.363 e. The number of carbonyl (C=O) groups excluding carboxylic acids is 1. The van der Waals surface area contributed by atoms with Gasteiger partial charge in [-0.2, -0.15) is 0 Å². The number of nitrogens with zero attached hydrogens (tertiary/aromatic N) is 2. The molecular formula is C15H20N2O2. The van der Waals surface area contributed by atoms with Crippen LogP contribution in [-0.4, -0.2) is 54.6 Å². The van der Waals surface area contributed by atoms with E-state index in [4.69, 9.17) is 4.74 Å². The number of hydrogen-bond acceptors (Lipinski definition) is 3. The van der Waals surface area contributed by atoms with Crippen molar-refractivity contribution in [2.45, 2.75) is 19.1 Å². The maximum atomic E-state index is 11.9. The number of hydrogen-bond donors (Lipinski definition) is 0. The molecule has 4 heteroatoms. The van der Waals surface area contributed by atoms with E-state index < -0.39 is 0 Å². The Balaban J connectivity index is 1.56. The van der Waals surface area contributed by atoms with Gasteiger partial charge < -0.3 is 9.64 Å². The highest BCUT2D eigenvalue weighted by molar-refractivity contribution is 5.83. The van der Waals surface area contributed by atoms with E-state index in [1.54, 1.807) is 0 Å². The topological polar surface area (TPSA) is 36.1 Å². The average molecular weight is 260 g/mol. The second-order valence-electron chi connectivity index (χ2n) is 5.27. The van der Waals surface area contributed by atoms with Crippen LogP contribution in [0.4, 0.5) is 0 Å². The smallest absolute Gasteiger partial charge is 0.254 e. The number of benzene rings is 1. The molecule has 2 aliphatic rings. The lowest BCUT2D eigenvalue weighted by molar-refractivity contribution is -0.134. The van der Waals surface area contributed by atoms with Crippen molar-refractivity contribution in [2.24, 2.45) is 0 Å². The fraction of sp³-hybridized carbons (Fsp3) is 0.533. The molecule has 1 aromatic carbocycles. The third-order valence-electron chi connectivity index (χ3n) is 4.06. The molecule has 1 aromatic rings. The highest BCUT2D eigenvalue weighted by atomic mass is 16.6. The normalized spacial score (nSPS) is 25.1. The molecule has 0 N–H and O–H groups in total. The Bertz CT molecular complexity index is 437. The number of amides is 1. The van der Waals surface area contributed by atoms with E-state index in [0.29, 0.717) is 12.6 Å². The van der Waals surface area contributed by atoms with Crippen molar-refractivity contribution in [1.29, 1.82) is 0 Å². The van der Waals surface area contributed by atoms with Gasteiger partial charge >= 0.3 is 0 Å². The molecule has 2 fully saturated rings. The summed E-state index contributed by atoms with van der Waals surface area (Å²) in [5.74, 6) is 0.173. The summed E-state index contributed by atoms with van der Waals surface area (Å²) in [6.07, 6.45) is -0.141. The van der Waals surface area contributed by atoms with Gasteiger partial charge in [-0.3, -0.25) is 9.69 Å². The zero-order valence-electron chi connectivity index (χ0n) is 11.3. The van der Waals surface area contributed by atoms with Gasteiger partial charge in [0.1, 0.15) is 0 Å². The molecule has 2 aliphatic heterocycles. The summed E-state index contributed by atoms with van der Waals surface area (Å²) in [5, 5.41) is 0. The quantitative estimate of drug-likeness (QED) is 0.768. The van der Waals surface area contributed by atoms with Crippen LogP contribution in [-0.2, 0) is 9.53 Å².